The number of fused-ring (bicyclic) bond motifs is 1. The van der Waals surface area contributed by atoms with Gasteiger partial charge in [-0.05, 0) is 90.4 Å². The number of halogens is 1. The van der Waals surface area contributed by atoms with Gasteiger partial charge in [0.25, 0.3) is 0 Å². The van der Waals surface area contributed by atoms with Crippen LogP contribution in [0.3, 0.4) is 0 Å². The largest absolute Gasteiger partial charge is 0.457 e. The van der Waals surface area contributed by atoms with E-state index in [0.717, 1.165) is 41.1 Å². The van der Waals surface area contributed by atoms with E-state index in [1.165, 1.54) is 29.5 Å². The van der Waals surface area contributed by atoms with Gasteiger partial charge in [-0.2, -0.15) is 0 Å². The summed E-state index contributed by atoms with van der Waals surface area (Å²) >= 11 is 5.92. The zero-order valence-electron chi connectivity index (χ0n) is 15.5. The summed E-state index contributed by atoms with van der Waals surface area (Å²) in [5, 5.41) is 4.18. The van der Waals surface area contributed by atoms with Crippen LogP contribution in [0.5, 0.6) is 11.5 Å². The second-order valence-electron chi connectivity index (χ2n) is 7.38. The Morgan fingerprint density at radius 2 is 1.67 bits per heavy atom. The highest BCUT2D eigenvalue weighted by Gasteiger charge is 2.15. The number of anilines is 1. The van der Waals surface area contributed by atoms with E-state index in [2.05, 4.69) is 30.4 Å². The average Bonchev–Trinajstić information content (AvgIpc) is 2.68. The Bertz CT molecular complexity index is 903. The highest BCUT2D eigenvalue weighted by molar-refractivity contribution is 6.30. The van der Waals surface area contributed by atoms with Crippen LogP contribution >= 0.6 is 11.6 Å². The van der Waals surface area contributed by atoms with Gasteiger partial charge in [0.1, 0.15) is 11.5 Å². The van der Waals surface area contributed by atoms with Crippen LogP contribution in [0.4, 0.5) is 5.69 Å². The van der Waals surface area contributed by atoms with E-state index in [0.29, 0.717) is 0 Å². The van der Waals surface area contributed by atoms with Gasteiger partial charge in [-0.3, -0.25) is 0 Å². The van der Waals surface area contributed by atoms with Gasteiger partial charge in [-0.15, -0.1) is 0 Å². The number of hydrogen-bond acceptors (Lipinski definition) is 2. The van der Waals surface area contributed by atoms with Gasteiger partial charge in [-0.25, -0.2) is 0 Å². The van der Waals surface area contributed by atoms with Crippen molar-refractivity contribution in [2.24, 2.45) is 5.92 Å². The smallest absolute Gasteiger partial charge is 0.127 e. The van der Waals surface area contributed by atoms with Crippen LogP contribution < -0.4 is 10.1 Å². The maximum absolute atomic E-state index is 6.07. The molecular weight excluding hydrogens is 354 g/mol. The number of benzene rings is 3. The normalized spacial score (nSPS) is 15.9. The minimum atomic E-state index is 0.761. The molecule has 2 nitrogen and oxygen atoms in total. The van der Waals surface area contributed by atoms with Crippen LogP contribution in [0.15, 0.2) is 66.7 Å². The van der Waals surface area contributed by atoms with Gasteiger partial charge >= 0.3 is 0 Å². The molecular formula is C24H24ClNO. The highest BCUT2D eigenvalue weighted by Crippen LogP contribution is 2.30. The molecule has 138 valence electrons. The van der Waals surface area contributed by atoms with Gasteiger partial charge < -0.3 is 10.1 Å². The van der Waals surface area contributed by atoms with Crippen LogP contribution in [0.2, 0.25) is 5.02 Å². The predicted octanol–water partition coefficient (Wildman–Crippen LogP) is 6.87. The summed E-state index contributed by atoms with van der Waals surface area (Å²) in [5.41, 5.74) is 5.18. The summed E-state index contributed by atoms with van der Waals surface area (Å²) in [6.45, 7) is 3.09. The van der Waals surface area contributed by atoms with Crippen molar-refractivity contribution in [3.8, 4) is 11.5 Å². The Morgan fingerprint density at radius 3 is 2.44 bits per heavy atom. The molecule has 1 unspecified atom stereocenters. The molecule has 0 saturated heterocycles. The molecule has 3 heteroatoms. The maximum atomic E-state index is 6.07. The molecule has 0 bridgehead atoms. The van der Waals surface area contributed by atoms with Gasteiger partial charge in [0.05, 0.1) is 0 Å². The number of rotatable bonds is 5. The van der Waals surface area contributed by atoms with Crippen molar-refractivity contribution in [3.05, 3.63) is 88.4 Å². The molecule has 1 aliphatic rings. The predicted molar refractivity (Wildman–Crippen MR) is 113 cm³/mol. The van der Waals surface area contributed by atoms with Crippen LogP contribution in [-0.4, -0.2) is 0 Å². The van der Waals surface area contributed by atoms with E-state index in [1.807, 2.05) is 48.5 Å². The van der Waals surface area contributed by atoms with E-state index >= 15 is 0 Å². The van der Waals surface area contributed by atoms with E-state index in [9.17, 15) is 0 Å². The molecule has 0 spiro atoms. The maximum Gasteiger partial charge on any atom is 0.127 e. The summed E-state index contributed by atoms with van der Waals surface area (Å²) < 4.78 is 6.07. The van der Waals surface area contributed by atoms with E-state index < -0.39 is 0 Å². The highest BCUT2D eigenvalue weighted by atomic mass is 35.5. The van der Waals surface area contributed by atoms with Gasteiger partial charge in [0.15, 0.2) is 0 Å². The Kier molecular flexibility index (Phi) is 5.35. The van der Waals surface area contributed by atoms with Crippen LogP contribution in [-0.2, 0) is 19.4 Å². The van der Waals surface area contributed by atoms with Crippen molar-refractivity contribution < 1.29 is 4.74 Å². The molecule has 1 N–H and O–H groups in total. The third-order valence-electron chi connectivity index (χ3n) is 5.15. The standard InChI is InChI=1S/C24H24ClNO/c1-17-2-5-19-6-11-24(15-20(19)14-17)27-23-12-9-22(10-13-23)26-16-18-3-7-21(25)8-4-18/h3-4,6-13,15,17,26H,2,5,14,16H2,1H3. The Morgan fingerprint density at radius 1 is 0.926 bits per heavy atom. The number of hydrogen-bond donors (Lipinski definition) is 1. The van der Waals surface area contributed by atoms with Crippen molar-refractivity contribution in [1.29, 1.82) is 0 Å². The number of nitrogens with one attached hydrogen (secondary N) is 1. The molecule has 0 heterocycles. The van der Waals surface area contributed by atoms with Gasteiger partial charge in [-0.1, -0.05) is 36.7 Å². The minimum Gasteiger partial charge on any atom is -0.457 e. The first-order valence-electron chi connectivity index (χ1n) is 9.54. The van der Waals surface area contributed by atoms with Crippen molar-refractivity contribution in [3.63, 3.8) is 0 Å². The quantitative estimate of drug-likeness (QED) is 0.523. The lowest BCUT2D eigenvalue weighted by Gasteiger charge is -2.22. The first-order chi connectivity index (χ1) is 13.2. The molecule has 3 aromatic rings. The molecule has 1 atom stereocenters. The lowest BCUT2D eigenvalue weighted by atomic mass is 9.85. The fraction of sp³-hybridized carbons (Fsp3) is 0.250. The minimum absolute atomic E-state index is 0.761. The van der Waals surface area contributed by atoms with E-state index in [4.69, 9.17) is 16.3 Å². The van der Waals surface area contributed by atoms with Crippen molar-refractivity contribution in [2.45, 2.75) is 32.7 Å². The molecule has 0 saturated carbocycles. The Balaban J connectivity index is 1.38. The Labute approximate surface area is 166 Å². The average molecular weight is 378 g/mol. The molecule has 3 aromatic carbocycles. The summed E-state index contributed by atoms with van der Waals surface area (Å²) in [5.74, 6) is 2.54. The molecule has 27 heavy (non-hydrogen) atoms. The van der Waals surface area contributed by atoms with Gasteiger partial charge in [0.2, 0.25) is 0 Å². The second-order valence-corrected chi connectivity index (χ2v) is 7.82. The lowest BCUT2D eigenvalue weighted by molar-refractivity contribution is 0.472. The van der Waals surface area contributed by atoms with Crippen LogP contribution in [0.1, 0.15) is 30.0 Å². The third kappa shape index (κ3) is 4.64. The molecule has 0 aliphatic heterocycles. The second kappa shape index (κ2) is 8.06. The lowest BCUT2D eigenvalue weighted by Crippen LogP contribution is -2.11. The van der Waals surface area contributed by atoms with Crippen LogP contribution in [0.25, 0.3) is 0 Å². The third-order valence-corrected chi connectivity index (χ3v) is 5.40. The molecule has 1 aliphatic carbocycles. The number of ether oxygens (including phenoxy) is 1. The molecule has 4 rings (SSSR count). The summed E-state index contributed by atoms with van der Waals surface area (Å²) in [6.07, 6.45) is 3.63. The molecule has 0 radical (unpaired) electrons. The molecule has 0 aromatic heterocycles. The molecule has 0 fully saturated rings. The topological polar surface area (TPSA) is 21.3 Å². The van der Waals surface area contributed by atoms with Crippen LogP contribution in [0, 0.1) is 5.92 Å². The summed E-state index contributed by atoms with van der Waals surface area (Å²) in [7, 11) is 0. The van der Waals surface area contributed by atoms with Crippen molar-refractivity contribution in [1.82, 2.24) is 0 Å². The van der Waals surface area contributed by atoms with E-state index in [-0.39, 0.29) is 0 Å². The summed E-state index contributed by atoms with van der Waals surface area (Å²) in [4.78, 5) is 0. The van der Waals surface area contributed by atoms with Crippen molar-refractivity contribution >= 4 is 17.3 Å². The Hall–Kier alpha value is -2.45. The fourth-order valence-corrected chi connectivity index (χ4v) is 3.69. The zero-order chi connectivity index (χ0) is 18.6. The van der Waals surface area contributed by atoms with Gasteiger partial charge in [0, 0.05) is 17.3 Å². The zero-order valence-corrected chi connectivity index (χ0v) is 16.3. The van der Waals surface area contributed by atoms with Crippen molar-refractivity contribution in [2.75, 3.05) is 5.32 Å². The SMILES string of the molecule is CC1CCc2ccc(Oc3ccc(NCc4ccc(Cl)cc4)cc3)cc2C1. The number of aryl methyl sites for hydroxylation is 1. The fourth-order valence-electron chi connectivity index (χ4n) is 3.56. The summed E-state index contributed by atoms with van der Waals surface area (Å²) in [6, 6.07) is 22.5. The van der Waals surface area contributed by atoms with E-state index in [1.54, 1.807) is 0 Å². The monoisotopic (exact) mass is 377 g/mol. The molecule has 0 amide bonds. The first kappa shape index (κ1) is 17.9. The first-order valence-corrected chi connectivity index (χ1v) is 9.91.